The van der Waals surface area contributed by atoms with Gasteiger partial charge in [-0.1, -0.05) is 6.07 Å². The first kappa shape index (κ1) is 13.3. The second-order valence-electron chi connectivity index (χ2n) is 3.71. The van der Waals surface area contributed by atoms with Gasteiger partial charge in [-0.3, -0.25) is 4.79 Å². The number of ether oxygens (including phenoxy) is 1. The molecule has 1 rings (SSSR count). The molecule has 0 aromatic heterocycles. The Hall–Kier alpha value is -1.75. The lowest BCUT2D eigenvalue weighted by molar-refractivity contribution is 0.0919. The van der Waals surface area contributed by atoms with Crippen molar-refractivity contribution in [2.24, 2.45) is 0 Å². The number of nitrogens with two attached hydrogens (primary N) is 1. The van der Waals surface area contributed by atoms with Crippen molar-refractivity contribution < 1.29 is 14.6 Å². The van der Waals surface area contributed by atoms with E-state index in [2.05, 4.69) is 5.32 Å². The van der Waals surface area contributed by atoms with Crippen LogP contribution in [-0.4, -0.2) is 30.3 Å². The summed E-state index contributed by atoms with van der Waals surface area (Å²) >= 11 is 0. The van der Waals surface area contributed by atoms with Crippen molar-refractivity contribution in [2.75, 3.05) is 18.9 Å². The molecule has 1 aromatic rings. The topological polar surface area (TPSA) is 84.6 Å². The van der Waals surface area contributed by atoms with Crippen molar-refractivity contribution in [3.63, 3.8) is 0 Å². The molecule has 0 aliphatic heterocycles. The van der Waals surface area contributed by atoms with Gasteiger partial charge >= 0.3 is 0 Å². The van der Waals surface area contributed by atoms with E-state index in [1.807, 2.05) is 6.92 Å². The van der Waals surface area contributed by atoms with Crippen LogP contribution in [0.5, 0.6) is 5.75 Å². The summed E-state index contributed by atoms with van der Waals surface area (Å²) in [6.45, 7) is 3.88. The molecule has 0 aliphatic carbocycles. The average Bonchev–Trinajstić information content (AvgIpc) is 2.29. The number of hydrogen-bond acceptors (Lipinski definition) is 4. The second-order valence-corrected chi connectivity index (χ2v) is 3.71. The fourth-order valence-corrected chi connectivity index (χ4v) is 1.41. The van der Waals surface area contributed by atoms with Gasteiger partial charge in [-0.05, 0) is 26.0 Å². The van der Waals surface area contributed by atoms with Gasteiger partial charge in [-0.15, -0.1) is 0 Å². The number of aliphatic hydroxyl groups is 1. The summed E-state index contributed by atoms with van der Waals surface area (Å²) in [6, 6.07) is 4.74. The Kier molecular flexibility index (Phi) is 4.78. The van der Waals surface area contributed by atoms with E-state index < -0.39 is 0 Å². The molecule has 4 N–H and O–H groups in total. The average molecular weight is 238 g/mol. The van der Waals surface area contributed by atoms with Crippen LogP contribution in [-0.2, 0) is 0 Å². The molecule has 5 nitrogen and oxygen atoms in total. The first-order chi connectivity index (χ1) is 8.10. The standard InChI is InChI=1S/C12H18N2O3/c1-3-17-10-6-4-5-9(13)11(10)12(16)14-8(2)7-15/h4-6,8,15H,3,7,13H2,1-2H3,(H,14,16)/t8-/m0/s1. The minimum atomic E-state index is -0.340. The van der Waals surface area contributed by atoms with Crippen LogP contribution in [0.2, 0.25) is 0 Å². The van der Waals surface area contributed by atoms with Crippen molar-refractivity contribution in [1.82, 2.24) is 5.32 Å². The maximum absolute atomic E-state index is 11.9. The van der Waals surface area contributed by atoms with Crippen LogP contribution in [0.15, 0.2) is 18.2 Å². The van der Waals surface area contributed by atoms with E-state index in [1.165, 1.54) is 0 Å². The normalized spacial score (nSPS) is 11.9. The number of carbonyl (C=O) groups is 1. The van der Waals surface area contributed by atoms with Gasteiger partial charge in [0.1, 0.15) is 11.3 Å². The van der Waals surface area contributed by atoms with Gasteiger partial charge < -0.3 is 20.9 Å². The number of anilines is 1. The van der Waals surface area contributed by atoms with Crippen LogP contribution in [0.4, 0.5) is 5.69 Å². The smallest absolute Gasteiger partial charge is 0.257 e. The molecule has 0 spiro atoms. The Morgan fingerprint density at radius 3 is 2.88 bits per heavy atom. The van der Waals surface area contributed by atoms with Gasteiger partial charge in [-0.25, -0.2) is 0 Å². The third-order valence-electron chi connectivity index (χ3n) is 2.24. The van der Waals surface area contributed by atoms with E-state index in [0.717, 1.165) is 0 Å². The van der Waals surface area contributed by atoms with Crippen LogP contribution >= 0.6 is 0 Å². The summed E-state index contributed by atoms with van der Waals surface area (Å²) in [6.07, 6.45) is 0. The number of rotatable bonds is 5. The van der Waals surface area contributed by atoms with Crippen LogP contribution in [0.25, 0.3) is 0 Å². The highest BCUT2D eigenvalue weighted by Crippen LogP contribution is 2.24. The molecular formula is C12H18N2O3. The quantitative estimate of drug-likeness (QED) is 0.662. The summed E-state index contributed by atoms with van der Waals surface area (Å²) in [5.74, 6) is 0.114. The Morgan fingerprint density at radius 1 is 1.59 bits per heavy atom. The summed E-state index contributed by atoms with van der Waals surface area (Å²) in [7, 11) is 0. The van der Waals surface area contributed by atoms with Crippen molar-refractivity contribution >= 4 is 11.6 Å². The molecule has 1 amide bonds. The monoisotopic (exact) mass is 238 g/mol. The molecule has 94 valence electrons. The predicted octanol–water partition coefficient (Wildman–Crippen LogP) is 0.778. The van der Waals surface area contributed by atoms with Crippen LogP contribution < -0.4 is 15.8 Å². The second kappa shape index (κ2) is 6.10. The van der Waals surface area contributed by atoms with E-state index in [0.29, 0.717) is 23.6 Å². The molecule has 0 heterocycles. The van der Waals surface area contributed by atoms with Crippen molar-refractivity contribution in [3.05, 3.63) is 23.8 Å². The Labute approximate surface area is 101 Å². The zero-order chi connectivity index (χ0) is 12.8. The van der Waals surface area contributed by atoms with E-state index in [9.17, 15) is 4.79 Å². The molecule has 0 fully saturated rings. The minimum Gasteiger partial charge on any atom is -0.493 e. The first-order valence-electron chi connectivity index (χ1n) is 5.53. The third-order valence-corrected chi connectivity index (χ3v) is 2.24. The molecule has 1 atom stereocenters. The van der Waals surface area contributed by atoms with E-state index >= 15 is 0 Å². The fraction of sp³-hybridized carbons (Fsp3) is 0.417. The van der Waals surface area contributed by atoms with Crippen LogP contribution in [0.3, 0.4) is 0 Å². The number of hydrogen-bond donors (Lipinski definition) is 3. The number of aliphatic hydroxyl groups excluding tert-OH is 1. The summed E-state index contributed by atoms with van der Waals surface area (Å²) < 4.78 is 5.35. The zero-order valence-corrected chi connectivity index (χ0v) is 10.1. The molecule has 0 bridgehead atoms. The van der Waals surface area contributed by atoms with Crippen molar-refractivity contribution in [1.29, 1.82) is 0 Å². The summed E-state index contributed by atoms with van der Waals surface area (Å²) in [5, 5.41) is 11.5. The zero-order valence-electron chi connectivity index (χ0n) is 10.1. The minimum absolute atomic E-state index is 0.123. The van der Waals surface area contributed by atoms with Crippen LogP contribution in [0.1, 0.15) is 24.2 Å². The van der Waals surface area contributed by atoms with Crippen molar-refractivity contribution in [2.45, 2.75) is 19.9 Å². The largest absolute Gasteiger partial charge is 0.493 e. The highest BCUT2D eigenvalue weighted by molar-refractivity contribution is 6.02. The SMILES string of the molecule is CCOc1cccc(N)c1C(=O)N[C@@H](C)CO. The number of carbonyl (C=O) groups excluding carboxylic acids is 1. The summed E-state index contributed by atoms with van der Waals surface area (Å²) in [5.41, 5.74) is 6.44. The number of benzene rings is 1. The van der Waals surface area contributed by atoms with Gasteiger partial charge in [0.2, 0.25) is 0 Å². The molecule has 17 heavy (non-hydrogen) atoms. The molecule has 0 unspecified atom stereocenters. The lowest BCUT2D eigenvalue weighted by Crippen LogP contribution is -2.35. The molecule has 0 saturated carbocycles. The lowest BCUT2D eigenvalue weighted by atomic mass is 10.1. The fourth-order valence-electron chi connectivity index (χ4n) is 1.41. The molecule has 5 heteroatoms. The lowest BCUT2D eigenvalue weighted by Gasteiger charge is -2.15. The highest BCUT2D eigenvalue weighted by Gasteiger charge is 2.17. The van der Waals surface area contributed by atoms with E-state index in [-0.39, 0.29) is 18.6 Å². The van der Waals surface area contributed by atoms with Crippen LogP contribution in [0, 0.1) is 0 Å². The maximum Gasteiger partial charge on any atom is 0.257 e. The van der Waals surface area contributed by atoms with Gasteiger partial charge in [0, 0.05) is 11.7 Å². The molecule has 0 radical (unpaired) electrons. The molecule has 0 aliphatic rings. The van der Waals surface area contributed by atoms with Gasteiger partial charge in [-0.2, -0.15) is 0 Å². The van der Waals surface area contributed by atoms with Gasteiger partial charge in [0.15, 0.2) is 0 Å². The van der Waals surface area contributed by atoms with E-state index in [4.69, 9.17) is 15.6 Å². The molecular weight excluding hydrogens is 220 g/mol. The predicted molar refractivity (Wildman–Crippen MR) is 66.0 cm³/mol. The maximum atomic E-state index is 11.9. The van der Waals surface area contributed by atoms with Crippen molar-refractivity contribution in [3.8, 4) is 5.75 Å². The van der Waals surface area contributed by atoms with Gasteiger partial charge in [0.25, 0.3) is 5.91 Å². The number of nitrogens with one attached hydrogen (secondary N) is 1. The van der Waals surface area contributed by atoms with E-state index in [1.54, 1.807) is 25.1 Å². The first-order valence-corrected chi connectivity index (χ1v) is 5.53. The molecule has 1 aromatic carbocycles. The third kappa shape index (κ3) is 3.35. The Bertz CT molecular complexity index is 393. The highest BCUT2D eigenvalue weighted by atomic mass is 16.5. The number of amides is 1. The number of nitrogen functional groups attached to an aromatic ring is 1. The summed E-state index contributed by atoms with van der Waals surface area (Å²) in [4.78, 5) is 11.9. The molecule has 0 saturated heterocycles. The Morgan fingerprint density at radius 2 is 2.29 bits per heavy atom. The van der Waals surface area contributed by atoms with Gasteiger partial charge in [0.05, 0.1) is 13.2 Å². The Balaban J connectivity index is 2.98.